The minimum Gasteiger partial charge on any atom is -0.381 e. The summed E-state index contributed by atoms with van der Waals surface area (Å²) in [6.07, 6.45) is 13.8. The molecule has 1 aliphatic carbocycles. The van der Waals surface area contributed by atoms with Gasteiger partial charge in [0.1, 0.15) is 17.6 Å². The molecule has 5 heterocycles. The summed E-state index contributed by atoms with van der Waals surface area (Å²) in [7, 11) is 0. The maximum Gasteiger partial charge on any atom is 0.263 e. The molecule has 0 radical (unpaired) electrons. The molecule has 0 aromatic carbocycles. The van der Waals surface area contributed by atoms with Crippen molar-refractivity contribution >= 4 is 28.9 Å². The van der Waals surface area contributed by atoms with Gasteiger partial charge in [-0.25, -0.2) is 9.07 Å². The second kappa shape index (κ2) is 12.5. The van der Waals surface area contributed by atoms with Crippen LogP contribution in [-0.4, -0.2) is 83.7 Å². The third-order valence-electron chi connectivity index (χ3n) is 9.69. The number of pyridine rings is 1. The van der Waals surface area contributed by atoms with E-state index < -0.39 is 11.7 Å². The largest absolute Gasteiger partial charge is 0.381 e. The van der Waals surface area contributed by atoms with Gasteiger partial charge >= 0.3 is 0 Å². The molecule has 0 bridgehead atoms. The number of aromatic nitrogens is 3. The van der Waals surface area contributed by atoms with Gasteiger partial charge in [-0.05, 0) is 25.3 Å². The number of rotatable bonds is 4. The highest BCUT2D eigenvalue weighted by Crippen LogP contribution is 2.43. The molecular formula is C30H45FN8O2. The summed E-state index contributed by atoms with van der Waals surface area (Å²) in [5, 5.41) is 10.9. The first-order valence-electron chi connectivity index (χ1n) is 15.7. The van der Waals surface area contributed by atoms with E-state index in [1.54, 1.807) is 17.1 Å². The zero-order valence-corrected chi connectivity index (χ0v) is 24.1. The molecule has 3 aliphatic heterocycles. The van der Waals surface area contributed by atoms with Gasteiger partial charge in [-0.2, -0.15) is 5.10 Å². The number of carbonyl (C=O) groups is 1. The highest BCUT2D eigenvalue weighted by Gasteiger charge is 2.47. The van der Waals surface area contributed by atoms with Crippen LogP contribution in [0.5, 0.6) is 0 Å². The Bertz CT molecular complexity index is 1180. The number of fused-ring (bicyclic) bond motifs is 2. The van der Waals surface area contributed by atoms with Crippen molar-refractivity contribution in [1.82, 2.24) is 19.7 Å². The first-order chi connectivity index (χ1) is 20.1. The van der Waals surface area contributed by atoms with E-state index in [0.717, 1.165) is 77.2 Å². The summed E-state index contributed by atoms with van der Waals surface area (Å²) in [4.78, 5) is 22.9. The lowest BCUT2D eigenvalue weighted by atomic mass is 9.81. The Morgan fingerprint density at radius 2 is 1.78 bits per heavy atom. The van der Waals surface area contributed by atoms with Crippen LogP contribution in [0.15, 0.2) is 18.5 Å². The summed E-state index contributed by atoms with van der Waals surface area (Å²) in [5.74, 6) is 0.309. The first-order valence-corrected chi connectivity index (χ1v) is 15.7. The maximum absolute atomic E-state index is 15.8. The number of nitrogens with zero attached hydrogens (tertiary/aromatic N) is 5. The summed E-state index contributed by atoms with van der Waals surface area (Å²) in [5.41, 5.74) is 7.50. The predicted octanol–water partition coefficient (Wildman–Crippen LogP) is 4.40. The molecule has 2 aromatic rings. The number of piperazine rings is 1. The Kier molecular flexibility index (Phi) is 8.62. The smallest absolute Gasteiger partial charge is 0.263 e. The minimum absolute atomic E-state index is 0.130. The maximum atomic E-state index is 15.8. The van der Waals surface area contributed by atoms with E-state index in [4.69, 9.17) is 10.5 Å². The van der Waals surface area contributed by atoms with E-state index in [1.807, 2.05) is 6.07 Å². The predicted molar refractivity (Wildman–Crippen MR) is 159 cm³/mol. The third-order valence-corrected chi connectivity index (χ3v) is 9.69. The third kappa shape index (κ3) is 5.75. The number of nitrogens with two attached hydrogens (primary N) is 1. The van der Waals surface area contributed by atoms with Gasteiger partial charge in [0.05, 0.1) is 29.7 Å². The number of alkyl halides is 1. The van der Waals surface area contributed by atoms with Gasteiger partial charge in [0, 0.05) is 51.6 Å². The number of hydrogen-bond donors (Lipinski definition) is 3. The molecule has 2 saturated heterocycles. The fourth-order valence-electron chi connectivity index (χ4n) is 7.31. The molecule has 41 heavy (non-hydrogen) atoms. The summed E-state index contributed by atoms with van der Waals surface area (Å²) in [6.45, 7) is 5.42. The van der Waals surface area contributed by atoms with Crippen molar-refractivity contribution in [3.8, 4) is 0 Å². The van der Waals surface area contributed by atoms with E-state index in [0.29, 0.717) is 30.4 Å². The summed E-state index contributed by atoms with van der Waals surface area (Å²) >= 11 is 0. The van der Waals surface area contributed by atoms with Crippen molar-refractivity contribution in [3.05, 3.63) is 24.0 Å². The van der Waals surface area contributed by atoms with Gasteiger partial charge in [0.2, 0.25) is 0 Å². The topological polar surface area (TPSA) is 114 Å². The molecule has 11 heteroatoms. The second-order valence-corrected chi connectivity index (χ2v) is 12.2. The molecular weight excluding hydrogens is 523 g/mol. The monoisotopic (exact) mass is 568 g/mol. The number of hydrogen-bond acceptors (Lipinski definition) is 8. The van der Waals surface area contributed by atoms with Crippen LogP contribution in [0, 0.1) is 0 Å². The molecule has 2 atom stereocenters. The number of nitrogens with one attached hydrogen (secondary N) is 2. The van der Waals surface area contributed by atoms with Crippen LogP contribution in [0.4, 0.5) is 27.4 Å². The fraction of sp³-hybridized carbons (Fsp3) is 0.700. The zero-order chi connectivity index (χ0) is 28.2. The lowest BCUT2D eigenvalue weighted by Gasteiger charge is -2.42. The molecule has 10 nitrogen and oxygen atoms in total. The van der Waals surface area contributed by atoms with Gasteiger partial charge < -0.3 is 26.0 Å². The SMILES string of the molecule is Nc1nn2c(c1C(=O)Nc1cnccc1N1CCN(C3CCOC3)CC1)NCC(F)C21CCCCCCCCCC1. The van der Waals surface area contributed by atoms with Crippen molar-refractivity contribution in [3.63, 3.8) is 0 Å². The van der Waals surface area contributed by atoms with E-state index in [-0.39, 0.29) is 23.8 Å². The van der Waals surface area contributed by atoms with Gasteiger partial charge in [0.25, 0.3) is 5.91 Å². The number of anilines is 4. The molecule has 1 amide bonds. The van der Waals surface area contributed by atoms with Gasteiger partial charge in [-0.3, -0.25) is 14.7 Å². The Hall–Kier alpha value is -2.92. The van der Waals surface area contributed by atoms with Crippen molar-refractivity contribution in [1.29, 1.82) is 0 Å². The number of carbonyl (C=O) groups excluding carboxylic acids is 1. The van der Waals surface area contributed by atoms with Crippen LogP contribution in [0.2, 0.25) is 0 Å². The van der Waals surface area contributed by atoms with Crippen molar-refractivity contribution in [2.45, 2.75) is 88.4 Å². The van der Waals surface area contributed by atoms with Gasteiger partial charge in [-0.15, -0.1) is 0 Å². The molecule has 2 unspecified atom stereocenters. The van der Waals surface area contributed by atoms with Crippen molar-refractivity contribution in [2.75, 3.05) is 67.2 Å². The first kappa shape index (κ1) is 28.2. The molecule has 6 rings (SSSR count). The van der Waals surface area contributed by atoms with Crippen LogP contribution in [-0.2, 0) is 10.3 Å². The Balaban J connectivity index is 1.22. The average Bonchev–Trinajstić information content (AvgIpc) is 3.63. The Morgan fingerprint density at radius 3 is 2.46 bits per heavy atom. The minimum atomic E-state index is -1.09. The number of nitrogen functional groups attached to an aromatic ring is 1. The number of halogens is 1. The van der Waals surface area contributed by atoms with E-state index in [2.05, 4.69) is 30.5 Å². The molecule has 3 fully saturated rings. The molecule has 1 spiro atoms. The van der Waals surface area contributed by atoms with Crippen LogP contribution >= 0.6 is 0 Å². The highest BCUT2D eigenvalue weighted by atomic mass is 19.1. The molecule has 2 aromatic heterocycles. The quantitative estimate of drug-likeness (QED) is 0.498. The second-order valence-electron chi connectivity index (χ2n) is 12.2. The molecule has 4 aliphatic rings. The van der Waals surface area contributed by atoms with E-state index >= 15 is 4.39 Å². The van der Waals surface area contributed by atoms with Gasteiger partial charge in [0.15, 0.2) is 5.82 Å². The number of ether oxygens (including phenoxy) is 1. The fourth-order valence-corrected chi connectivity index (χ4v) is 7.31. The van der Waals surface area contributed by atoms with E-state index in [9.17, 15) is 4.79 Å². The van der Waals surface area contributed by atoms with Crippen molar-refractivity contribution in [2.24, 2.45) is 0 Å². The van der Waals surface area contributed by atoms with Crippen molar-refractivity contribution < 1.29 is 13.9 Å². The summed E-state index contributed by atoms with van der Waals surface area (Å²) < 4.78 is 23.2. The molecule has 224 valence electrons. The summed E-state index contributed by atoms with van der Waals surface area (Å²) in [6, 6.07) is 2.45. The molecule has 4 N–H and O–H groups in total. The molecule has 1 saturated carbocycles. The van der Waals surface area contributed by atoms with Crippen LogP contribution in [0.3, 0.4) is 0 Å². The Morgan fingerprint density at radius 1 is 1.07 bits per heavy atom. The van der Waals surface area contributed by atoms with Crippen LogP contribution < -0.4 is 21.3 Å². The van der Waals surface area contributed by atoms with Crippen LogP contribution in [0.25, 0.3) is 0 Å². The zero-order valence-electron chi connectivity index (χ0n) is 24.1. The highest BCUT2D eigenvalue weighted by molar-refractivity contribution is 6.12. The lowest BCUT2D eigenvalue weighted by Crippen LogP contribution is -2.51. The van der Waals surface area contributed by atoms with E-state index in [1.165, 1.54) is 25.7 Å². The van der Waals surface area contributed by atoms with Gasteiger partial charge in [-0.1, -0.05) is 51.4 Å². The Labute approximate surface area is 242 Å². The standard InChI is InChI=1S/C30H45FN8O2/c31-25-20-34-28-26(27(32)36-39(28)30(25)11-7-5-3-1-2-4-6-8-12-30)29(40)35-23-19-33-13-9-24(23)38-16-14-37(15-17-38)22-10-18-41-21-22/h9,13,19,22,25,34H,1-8,10-12,14-18,20-21H2,(H2,32,36)(H,35,40). The number of amides is 1. The normalized spacial score (nSPS) is 25.7. The average molecular weight is 569 g/mol. The lowest BCUT2D eigenvalue weighted by molar-refractivity contribution is 0.0738. The van der Waals surface area contributed by atoms with Crippen LogP contribution in [0.1, 0.15) is 81.0 Å².